The van der Waals surface area contributed by atoms with E-state index in [2.05, 4.69) is 14.0 Å². The Labute approximate surface area is 122 Å². The molecule has 114 valence electrons. The number of nitrogens with zero attached hydrogens (tertiary/aromatic N) is 1. The van der Waals surface area contributed by atoms with Crippen LogP contribution in [-0.2, 0) is 0 Å². The van der Waals surface area contributed by atoms with Crippen molar-refractivity contribution in [3.63, 3.8) is 0 Å². The first kappa shape index (κ1) is 17.0. The Bertz CT molecular complexity index is 194. The van der Waals surface area contributed by atoms with Crippen LogP contribution in [0.2, 0.25) is 0 Å². The summed E-state index contributed by atoms with van der Waals surface area (Å²) in [6.07, 6.45) is 19.0. The lowest BCUT2D eigenvalue weighted by molar-refractivity contribution is -0.897. The molecule has 0 atom stereocenters. The van der Waals surface area contributed by atoms with Crippen molar-refractivity contribution in [3.8, 4) is 0 Å². The van der Waals surface area contributed by atoms with Gasteiger partial charge in [0.05, 0.1) is 26.7 Å². The zero-order valence-electron chi connectivity index (χ0n) is 13.8. The van der Waals surface area contributed by atoms with E-state index >= 15 is 0 Å². The van der Waals surface area contributed by atoms with Crippen molar-refractivity contribution in [2.75, 3.05) is 26.7 Å². The number of likely N-dealkylation sites (tertiary alicyclic amines) is 1. The maximum Gasteiger partial charge on any atom is 0.0786 e. The lowest BCUT2D eigenvalue weighted by Gasteiger charge is -2.29. The fourth-order valence-electron chi connectivity index (χ4n) is 3.48. The van der Waals surface area contributed by atoms with Crippen LogP contribution in [-0.4, -0.2) is 31.2 Å². The van der Waals surface area contributed by atoms with Crippen molar-refractivity contribution in [2.24, 2.45) is 0 Å². The Hall–Kier alpha value is -0.0400. The lowest BCUT2D eigenvalue weighted by atomic mass is 10.1. The van der Waals surface area contributed by atoms with E-state index in [1.165, 1.54) is 108 Å². The Morgan fingerprint density at radius 3 is 1.53 bits per heavy atom. The highest BCUT2D eigenvalue weighted by molar-refractivity contribution is 4.53. The van der Waals surface area contributed by atoms with Gasteiger partial charge in [-0.2, -0.15) is 0 Å². The average molecular weight is 269 g/mol. The van der Waals surface area contributed by atoms with Crippen molar-refractivity contribution in [1.82, 2.24) is 0 Å². The first-order valence-corrected chi connectivity index (χ1v) is 9.10. The van der Waals surface area contributed by atoms with Gasteiger partial charge in [-0.15, -0.1) is 0 Å². The van der Waals surface area contributed by atoms with Crippen LogP contribution >= 0.6 is 0 Å². The molecule has 19 heavy (non-hydrogen) atoms. The first-order chi connectivity index (χ1) is 9.27. The third-order valence-corrected chi connectivity index (χ3v) is 4.95. The Kier molecular flexibility index (Phi) is 9.59. The molecule has 0 saturated carbocycles. The van der Waals surface area contributed by atoms with Crippen LogP contribution in [0.15, 0.2) is 0 Å². The second-order valence-corrected chi connectivity index (χ2v) is 7.03. The van der Waals surface area contributed by atoms with Gasteiger partial charge in [-0.25, -0.2) is 0 Å². The molecule has 0 aromatic carbocycles. The Morgan fingerprint density at radius 2 is 1.05 bits per heavy atom. The van der Waals surface area contributed by atoms with Crippen LogP contribution in [0.3, 0.4) is 0 Å². The summed E-state index contributed by atoms with van der Waals surface area (Å²) in [7, 11) is 2.46. The van der Waals surface area contributed by atoms with E-state index in [-0.39, 0.29) is 0 Å². The highest BCUT2D eigenvalue weighted by atomic mass is 15.3. The predicted octanol–water partition coefficient (Wildman–Crippen LogP) is 5.54. The molecule has 0 bridgehead atoms. The van der Waals surface area contributed by atoms with Gasteiger partial charge in [-0.05, 0) is 12.8 Å². The Balaban J connectivity index is 1.76. The predicted molar refractivity (Wildman–Crippen MR) is 86.5 cm³/mol. The van der Waals surface area contributed by atoms with Gasteiger partial charge in [-0.3, -0.25) is 0 Å². The fraction of sp³-hybridized carbons (Fsp3) is 1.00. The zero-order valence-corrected chi connectivity index (χ0v) is 13.8. The molecule has 1 aliphatic heterocycles. The van der Waals surface area contributed by atoms with Gasteiger partial charge in [0.25, 0.3) is 0 Å². The second kappa shape index (κ2) is 10.7. The minimum Gasteiger partial charge on any atom is -0.326 e. The van der Waals surface area contributed by atoms with E-state index in [4.69, 9.17) is 0 Å². The van der Waals surface area contributed by atoms with Crippen LogP contribution in [0.1, 0.15) is 90.4 Å². The van der Waals surface area contributed by atoms with Gasteiger partial charge in [0.1, 0.15) is 0 Å². The largest absolute Gasteiger partial charge is 0.326 e. The van der Waals surface area contributed by atoms with E-state index < -0.39 is 0 Å². The number of unbranched alkanes of at least 4 members (excludes halogenated alkanes) is 10. The van der Waals surface area contributed by atoms with Gasteiger partial charge in [0.2, 0.25) is 0 Å². The van der Waals surface area contributed by atoms with Crippen LogP contribution in [0.5, 0.6) is 0 Å². The molecule has 0 radical (unpaired) electrons. The number of hydrogen-bond donors (Lipinski definition) is 0. The monoisotopic (exact) mass is 268 g/mol. The molecule has 1 fully saturated rings. The quantitative estimate of drug-likeness (QED) is 0.322. The maximum atomic E-state index is 2.46. The summed E-state index contributed by atoms with van der Waals surface area (Å²) in [6.45, 7) is 6.62. The number of rotatable bonds is 12. The van der Waals surface area contributed by atoms with E-state index in [1.807, 2.05) is 0 Å². The molecule has 0 amide bonds. The van der Waals surface area contributed by atoms with Crippen LogP contribution in [0.4, 0.5) is 0 Å². The fourth-order valence-corrected chi connectivity index (χ4v) is 3.48. The van der Waals surface area contributed by atoms with E-state index in [0.29, 0.717) is 0 Å². The standard InChI is InChI=1S/C18H38N/c1-3-4-5-6-7-8-9-10-11-12-13-16-19(2)17-14-15-18-19/h3-18H2,1-2H3/q+1. The molecule has 1 rings (SSSR count). The van der Waals surface area contributed by atoms with E-state index in [0.717, 1.165) is 0 Å². The molecule has 0 unspecified atom stereocenters. The molecular formula is C18H38N+. The lowest BCUT2D eigenvalue weighted by Crippen LogP contribution is -2.41. The topological polar surface area (TPSA) is 0 Å². The highest BCUT2D eigenvalue weighted by Crippen LogP contribution is 2.18. The van der Waals surface area contributed by atoms with Crippen molar-refractivity contribution >= 4 is 0 Å². The molecule has 1 heteroatoms. The SMILES string of the molecule is CCCCCCCCCCCCC[N+]1(C)CCCC1. The van der Waals surface area contributed by atoms with Crippen molar-refractivity contribution < 1.29 is 4.48 Å². The van der Waals surface area contributed by atoms with Gasteiger partial charge in [0.15, 0.2) is 0 Å². The molecule has 1 nitrogen and oxygen atoms in total. The van der Waals surface area contributed by atoms with Gasteiger partial charge >= 0.3 is 0 Å². The number of quaternary nitrogens is 1. The van der Waals surface area contributed by atoms with Gasteiger partial charge in [-0.1, -0.05) is 64.7 Å². The summed E-state index contributed by atoms with van der Waals surface area (Å²) in [6, 6.07) is 0. The minimum absolute atomic E-state index is 1.37. The van der Waals surface area contributed by atoms with Crippen LogP contribution in [0.25, 0.3) is 0 Å². The Morgan fingerprint density at radius 1 is 0.632 bits per heavy atom. The van der Waals surface area contributed by atoms with E-state index in [9.17, 15) is 0 Å². The van der Waals surface area contributed by atoms with E-state index in [1.54, 1.807) is 0 Å². The summed E-state index contributed by atoms with van der Waals surface area (Å²) < 4.78 is 1.37. The zero-order chi connectivity index (χ0) is 13.8. The molecule has 0 aliphatic carbocycles. The normalized spacial score (nSPS) is 18.0. The third-order valence-electron chi connectivity index (χ3n) is 4.95. The summed E-state index contributed by atoms with van der Waals surface area (Å²) in [4.78, 5) is 0. The number of hydrogen-bond acceptors (Lipinski definition) is 0. The van der Waals surface area contributed by atoms with Crippen LogP contribution < -0.4 is 0 Å². The first-order valence-electron chi connectivity index (χ1n) is 9.10. The molecule has 1 aliphatic rings. The molecule has 0 aromatic heterocycles. The van der Waals surface area contributed by atoms with Gasteiger partial charge < -0.3 is 4.48 Å². The summed E-state index contributed by atoms with van der Waals surface area (Å²) >= 11 is 0. The molecule has 0 spiro atoms. The molecule has 0 aromatic rings. The van der Waals surface area contributed by atoms with Crippen LogP contribution in [0, 0.1) is 0 Å². The third kappa shape index (κ3) is 8.68. The molecule has 1 heterocycles. The smallest absolute Gasteiger partial charge is 0.0786 e. The summed E-state index contributed by atoms with van der Waals surface area (Å²) in [5.74, 6) is 0. The van der Waals surface area contributed by atoms with Gasteiger partial charge in [0, 0.05) is 12.8 Å². The van der Waals surface area contributed by atoms with Crippen molar-refractivity contribution in [3.05, 3.63) is 0 Å². The minimum atomic E-state index is 1.37. The average Bonchev–Trinajstić information content (AvgIpc) is 2.83. The maximum absolute atomic E-state index is 2.46. The molecule has 1 saturated heterocycles. The second-order valence-electron chi connectivity index (χ2n) is 7.03. The molecular weight excluding hydrogens is 230 g/mol. The van der Waals surface area contributed by atoms with Crippen molar-refractivity contribution in [1.29, 1.82) is 0 Å². The van der Waals surface area contributed by atoms with Crippen molar-refractivity contribution in [2.45, 2.75) is 90.4 Å². The summed E-state index contributed by atoms with van der Waals surface area (Å²) in [5, 5.41) is 0. The highest BCUT2D eigenvalue weighted by Gasteiger charge is 2.25. The summed E-state index contributed by atoms with van der Waals surface area (Å²) in [5.41, 5.74) is 0. The molecule has 0 N–H and O–H groups in total.